The van der Waals surface area contributed by atoms with Gasteiger partial charge in [-0.3, -0.25) is 0 Å². The smallest absolute Gasteiger partial charge is 0.213 e. The molecule has 96 valence electrons. The van der Waals surface area contributed by atoms with Gasteiger partial charge >= 0.3 is 0 Å². The second-order valence-corrected chi connectivity index (χ2v) is 3.83. The molecule has 0 radical (unpaired) electrons. The van der Waals surface area contributed by atoms with E-state index in [9.17, 15) is 0 Å². The third-order valence-corrected chi connectivity index (χ3v) is 2.50. The number of rotatable bonds is 3. The Kier molecular flexibility index (Phi) is 5.92. The molecule has 0 aliphatic heterocycles. The molecule has 0 amide bonds. The molecule has 2 heteroatoms. The van der Waals surface area contributed by atoms with Crippen LogP contribution in [0, 0.1) is 6.92 Å². The zero-order valence-electron chi connectivity index (χ0n) is 11.6. The molecule has 2 rings (SSSR count). The van der Waals surface area contributed by atoms with Crippen molar-refractivity contribution in [3.8, 4) is 5.88 Å². The van der Waals surface area contributed by atoms with E-state index >= 15 is 0 Å². The van der Waals surface area contributed by atoms with Gasteiger partial charge in [0, 0.05) is 18.2 Å². The number of pyridine rings is 1. The van der Waals surface area contributed by atoms with E-state index in [1.54, 1.807) is 7.11 Å². The molecule has 0 aliphatic rings. The first-order chi connectivity index (χ1) is 8.78. The van der Waals surface area contributed by atoms with Gasteiger partial charge in [0.15, 0.2) is 0 Å². The molecule has 0 saturated heterocycles. The summed E-state index contributed by atoms with van der Waals surface area (Å²) in [5, 5.41) is 0. The summed E-state index contributed by atoms with van der Waals surface area (Å²) in [7, 11) is 1.64. The topological polar surface area (TPSA) is 22.1 Å². The second-order valence-electron chi connectivity index (χ2n) is 3.83. The molecule has 1 heterocycles. The van der Waals surface area contributed by atoms with Gasteiger partial charge in [-0.05, 0) is 18.6 Å². The van der Waals surface area contributed by atoms with Crippen molar-refractivity contribution in [2.45, 2.75) is 27.2 Å². The van der Waals surface area contributed by atoms with E-state index in [2.05, 4.69) is 36.2 Å². The molecule has 1 aromatic carbocycles. The molecule has 18 heavy (non-hydrogen) atoms. The lowest BCUT2D eigenvalue weighted by Gasteiger charge is -2.04. The highest BCUT2D eigenvalue weighted by Crippen LogP contribution is 2.12. The van der Waals surface area contributed by atoms with Crippen molar-refractivity contribution in [1.29, 1.82) is 0 Å². The molecular formula is C16H21NO. The lowest BCUT2D eigenvalue weighted by atomic mass is 10.1. The molecule has 0 N–H and O–H groups in total. The largest absolute Gasteiger partial charge is 0.481 e. The number of nitrogens with zero attached hydrogens (tertiary/aromatic N) is 1. The Bertz CT molecular complexity index is 463. The average molecular weight is 243 g/mol. The van der Waals surface area contributed by atoms with E-state index in [-0.39, 0.29) is 0 Å². The fourth-order valence-electron chi connectivity index (χ4n) is 1.58. The van der Waals surface area contributed by atoms with Crippen molar-refractivity contribution in [2.24, 2.45) is 0 Å². The van der Waals surface area contributed by atoms with E-state index in [1.165, 1.54) is 11.1 Å². The Morgan fingerprint density at radius 1 is 1.00 bits per heavy atom. The third kappa shape index (κ3) is 4.21. The van der Waals surface area contributed by atoms with Gasteiger partial charge in [-0.2, -0.15) is 0 Å². The first-order valence-electron chi connectivity index (χ1n) is 6.33. The number of ether oxygens (including phenoxy) is 1. The van der Waals surface area contributed by atoms with Gasteiger partial charge in [-0.1, -0.05) is 49.7 Å². The fourth-order valence-corrected chi connectivity index (χ4v) is 1.58. The molecule has 0 unspecified atom stereocenters. The summed E-state index contributed by atoms with van der Waals surface area (Å²) in [6, 6.07) is 14.4. The van der Waals surface area contributed by atoms with Crippen molar-refractivity contribution < 1.29 is 4.74 Å². The molecule has 0 saturated carbocycles. The summed E-state index contributed by atoms with van der Waals surface area (Å²) in [5.74, 6) is 0.671. The van der Waals surface area contributed by atoms with Crippen LogP contribution in [0.4, 0.5) is 0 Å². The van der Waals surface area contributed by atoms with Gasteiger partial charge in [0.05, 0.1) is 7.11 Å². The SMILES string of the molecule is CC.COc1cccc(Cc2ccc(C)cc2)n1. The van der Waals surface area contributed by atoms with E-state index in [4.69, 9.17) is 4.74 Å². The minimum Gasteiger partial charge on any atom is -0.481 e. The molecule has 0 atom stereocenters. The van der Waals surface area contributed by atoms with Crippen LogP contribution in [-0.4, -0.2) is 12.1 Å². The standard InChI is InChI=1S/C14H15NO.C2H6/c1-11-6-8-12(9-7-11)10-13-4-3-5-14(15-13)16-2;1-2/h3-9H,10H2,1-2H3;1-2H3. The number of hydrogen-bond acceptors (Lipinski definition) is 2. The summed E-state index contributed by atoms with van der Waals surface area (Å²) in [6.45, 7) is 6.09. The lowest BCUT2D eigenvalue weighted by Crippen LogP contribution is -1.94. The third-order valence-electron chi connectivity index (χ3n) is 2.50. The van der Waals surface area contributed by atoms with E-state index in [0.29, 0.717) is 5.88 Å². The number of aryl methyl sites for hydroxylation is 1. The zero-order chi connectivity index (χ0) is 13.4. The van der Waals surface area contributed by atoms with Crippen LogP contribution in [0.2, 0.25) is 0 Å². The van der Waals surface area contributed by atoms with Crippen LogP contribution in [0.1, 0.15) is 30.7 Å². The van der Waals surface area contributed by atoms with Crippen molar-refractivity contribution in [3.05, 3.63) is 59.3 Å². The van der Waals surface area contributed by atoms with E-state index in [0.717, 1.165) is 12.1 Å². The van der Waals surface area contributed by atoms with Crippen LogP contribution in [0.5, 0.6) is 5.88 Å². The van der Waals surface area contributed by atoms with Crippen molar-refractivity contribution in [3.63, 3.8) is 0 Å². The van der Waals surface area contributed by atoms with E-state index in [1.807, 2.05) is 32.0 Å². The summed E-state index contributed by atoms with van der Waals surface area (Å²) in [4.78, 5) is 4.39. The quantitative estimate of drug-likeness (QED) is 0.812. The van der Waals surface area contributed by atoms with Gasteiger partial charge in [0.1, 0.15) is 0 Å². The number of benzene rings is 1. The summed E-state index contributed by atoms with van der Waals surface area (Å²) < 4.78 is 5.10. The first-order valence-corrected chi connectivity index (χ1v) is 6.33. The highest BCUT2D eigenvalue weighted by molar-refractivity contribution is 5.26. The van der Waals surface area contributed by atoms with Crippen LogP contribution < -0.4 is 4.74 Å². The van der Waals surface area contributed by atoms with Crippen LogP contribution >= 0.6 is 0 Å². The Hall–Kier alpha value is -1.83. The first kappa shape index (κ1) is 14.2. The van der Waals surface area contributed by atoms with Crippen molar-refractivity contribution in [1.82, 2.24) is 4.98 Å². The zero-order valence-corrected chi connectivity index (χ0v) is 11.6. The van der Waals surface area contributed by atoms with Crippen LogP contribution in [-0.2, 0) is 6.42 Å². The Balaban J connectivity index is 0.000000771. The molecular weight excluding hydrogens is 222 g/mol. The number of aromatic nitrogens is 1. The molecule has 1 aromatic heterocycles. The highest BCUT2D eigenvalue weighted by atomic mass is 16.5. The summed E-state index contributed by atoms with van der Waals surface area (Å²) >= 11 is 0. The predicted octanol–water partition coefficient (Wildman–Crippen LogP) is 4.02. The molecule has 0 fully saturated rings. The highest BCUT2D eigenvalue weighted by Gasteiger charge is 1.99. The maximum absolute atomic E-state index is 5.10. The van der Waals surface area contributed by atoms with Gasteiger partial charge in [-0.25, -0.2) is 4.98 Å². The molecule has 2 nitrogen and oxygen atoms in total. The average Bonchev–Trinajstić information content (AvgIpc) is 2.44. The summed E-state index contributed by atoms with van der Waals surface area (Å²) in [5.41, 5.74) is 3.58. The summed E-state index contributed by atoms with van der Waals surface area (Å²) in [6.07, 6.45) is 0.845. The van der Waals surface area contributed by atoms with Gasteiger partial charge < -0.3 is 4.74 Å². The van der Waals surface area contributed by atoms with Crippen LogP contribution in [0.15, 0.2) is 42.5 Å². The Morgan fingerprint density at radius 3 is 2.28 bits per heavy atom. The van der Waals surface area contributed by atoms with Crippen molar-refractivity contribution in [2.75, 3.05) is 7.11 Å². The Morgan fingerprint density at radius 2 is 1.67 bits per heavy atom. The van der Waals surface area contributed by atoms with Crippen molar-refractivity contribution >= 4 is 0 Å². The minimum absolute atomic E-state index is 0.671. The normalized spacial score (nSPS) is 9.33. The van der Waals surface area contributed by atoms with Crippen LogP contribution in [0.3, 0.4) is 0 Å². The fraction of sp³-hybridized carbons (Fsp3) is 0.312. The van der Waals surface area contributed by atoms with E-state index < -0.39 is 0 Å². The predicted molar refractivity (Wildman–Crippen MR) is 76.1 cm³/mol. The molecule has 2 aromatic rings. The van der Waals surface area contributed by atoms with Crippen LogP contribution in [0.25, 0.3) is 0 Å². The van der Waals surface area contributed by atoms with Gasteiger partial charge in [0.25, 0.3) is 0 Å². The molecule has 0 aliphatic carbocycles. The number of hydrogen-bond donors (Lipinski definition) is 0. The lowest BCUT2D eigenvalue weighted by molar-refractivity contribution is 0.396. The molecule has 0 bridgehead atoms. The second kappa shape index (κ2) is 7.49. The maximum atomic E-state index is 5.10. The minimum atomic E-state index is 0.671. The molecule has 0 spiro atoms. The number of methoxy groups -OCH3 is 1. The van der Waals surface area contributed by atoms with Gasteiger partial charge in [0.2, 0.25) is 5.88 Å². The van der Waals surface area contributed by atoms with Gasteiger partial charge in [-0.15, -0.1) is 0 Å². The Labute approximate surface area is 110 Å². The monoisotopic (exact) mass is 243 g/mol. The maximum Gasteiger partial charge on any atom is 0.213 e.